The Morgan fingerprint density at radius 3 is 2.44 bits per heavy atom. The summed E-state index contributed by atoms with van der Waals surface area (Å²) < 4.78 is 0. The Hall–Kier alpha value is -1.35. The minimum absolute atomic E-state index is 0.000880. The van der Waals surface area contributed by atoms with Crippen molar-refractivity contribution in [2.45, 2.75) is 44.8 Å². The van der Waals surface area contributed by atoms with E-state index in [1.165, 1.54) is 0 Å². The number of amides is 1. The van der Waals surface area contributed by atoms with Crippen molar-refractivity contribution >= 4 is 5.91 Å². The molecule has 1 aliphatic rings. The molecule has 0 spiro atoms. The van der Waals surface area contributed by atoms with Crippen LogP contribution in [0.2, 0.25) is 0 Å². The fourth-order valence-electron chi connectivity index (χ4n) is 2.59. The molecular weight excluding hydrogens is 226 g/mol. The van der Waals surface area contributed by atoms with Crippen LogP contribution in [-0.4, -0.2) is 35.1 Å². The first-order valence-corrected chi connectivity index (χ1v) is 6.61. The fraction of sp³-hybridized carbons (Fsp3) is 0.533. The second-order valence-electron chi connectivity index (χ2n) is 5.20. The van der Waals surface area contributed by atoms with Gasteiger partial charge in [-0.3, -0.25) is 4.79 Å². The Labute approximate surface area is 108 Å². The van der Waals surface area contributed by atoms with Gasteiger partial charge in [0.05, 0.1) is 12.1 Å². The van der Waals surface area contributed by atoms with Gasteiger partial charge >= 0.3 is 0 Å². The van der Waals surface area contributed by atoms with Crippen molar-refractivity contribution in [1.29, 1.82) is 0 Å². The molecule has 0 radical (unpaired) electrons. The number of aryl methyl sites for hydroxylation is 1. The van der Waals surface area contributed by atoms with E-state index in [1.54, 1.807) is 11.9 Å². The number of rotatable bonds is 2. The third-order valence-corrected chi connectivity index (χ3v) is 3.81. The lowest BCUT2D eigenvalue weighted by atomic mass is 9.91. The second kappa shape index (κ2) is 5.53. The van der Waals surface area contributed by atoms with Gasteiger partial charge < -0.3 is 10.0 Å². The Balaban J connectivity index is 2.10. The highest BCUT2D eigenvalue weighted by molar-refractivity contribution is 5.94. The predicted octanol–water partition coefficient (Wildman–Crippen LogP) is 2.37. The van der Waals surface area contributed by atoms with Gasteiger partial charge in [0, 0.05) is 12.6 Å². The van der Waals surface area contributed by atoms with Crippen LogP contribution in [0.25, 0.3) is 0 Å². The highest BCUT2D eigenvalue weighted by Crippen LogP contribution is 2.23. The number of likely N-dealkylation sites (N-methyl/N-ethyl adjacent to an activating group) is 1. The number of aliphatic hydroxyl groups excluding tert-OH is 1. The number of nitrogens with zero attached hydrogens (tertiary/aromatic N) is 1. The van der Waals surface area contributed by atoms with Crippen molar-refractivity contribution in [3.63, 3.8) is 0 Å². The van der Waals surface area contributed by atoms with Gasteiger partial charge in [-0.25, -0.2) is 0 Å². The summed E-state index contributed by atoms with van der Waals surface area (Å²) in [6.45, 7) is 2.00. The van der Waals surface area contributed by atoms with Crippen LogP contribution in [0.15, 0.2) is 24.3 Å². The van der Waals surface area contributed by atoms with E-state index in [4.69, 9.17) is 0 Å². The normalized spacial score (nSPS) is 23.7. The standard InChI is InChI=1S/C15H21NO2/c1-11-7-9-12(10-8-11)15(18)16(2)13-5-3-4-6-14(13)17/h7-10,13-14,17H,3-6H2,1-2H3/t13-,14+/m1/s1. The molecule has 0 unspecified atom stereocenters. The maximum atomic E-state index is 12.3. The SMILES string of the molecule is Cc1ccc(C(=O)N(C)[C@@H]2CCCC[C@@H]2O)cc1. The zero-order chi connectivity index (χ0) is 13.1. The Morgan fingerprint density at radius 2 is 1.83 bits per heavy atom. The number of hydrogen-bond acceptors (Lipinski definition) is 2. The summed E-state index contributed by atoms with van der Waals surface area (Å²) in [6, 6.07) is 7.55. The van der Waals surface area contributed by atoms with Crippen molar-refractivity contribution in [2.24, 2.45) is 0 Å². The number of benzene rings is 1. The Bertz CT molecular complexity index is 413. The molecule has 2 rings (SSSR count). The predicted molar refractivity (Wildman–Crippen MR) is 71.5 cm³/mol. The van der Waals surface area contributed by atoms with E-state index in [0.717, 1.165) is 31.2 Å². The topological polar surface area (TPSA) is 40.5 Å². The van der Waals surface area contributed by atoms with Crippen LogP contribution >= 0.6 is 0 Å². The van der Waals surface area contributed by atoms with E-state index < -0.39 is 0 Å². The molecule has 18 heavy (non-hydrogen) atoms. The molecule has 1 aromatic carbocycles. The molecule has 3 heteroatoms. The molecule has 1 amide bonds. The van der Waals surface area contributed by atoms with E-state index in [9.17, 15) is 9.90 Å². The number of hydrogen-bond donors (Lipinski definition) is 1. The first-order chi connectivity index (χ1) is 8.59. The van der Waals surface area contributed by atoms with Crippen LogP contribution in [0.1, 0.15) is 41.6 Å². The van der Waals surface area contributed by atoms with E-state index in [0.29, 0.717) is 5.56 Å². The zero-order valence-corrected chi connectivity index (χ0v) is 11.1. The van der Waals surface area contributed by atoms with Gasteiger partial charge in [-0.1, -0.05) is 30.5 Å². The van der Waals surface area contributed by atoms with Crippen LogP contribution in [0.3, 0.4) is 0 Å². The van der Waals surface area contributed by atoms with Crippen LogP contribution < -0.4 is 0 Å². The van der Waals surface area contributed by atoms with Crippen LogP contribution in [0.5, 0.6) is 0 Å². The van der Waals surface area contributed by atoms with Crippen molar-refractivity contribution in [1.82, 2.24) is 4.90 Å². The van der Waals surface area contributed by atoms with Gasteiger partial charge in [0.15, 0.2) is 0 Å². The van der Waals surface area contributed by atoms with Gasteiger partial charge in [-0.15, -0.1) is 0 Å². The summed E-state index contributed by atoms with van der Waals surface area (Å²) in [7, 11) is 1.79. The largest absolute Gasteiger partial charge is 0.391 e. The Morgan fingerprint density at radius 1 is 1.22 bits per heavy atom. The third kappa shape index (κ3) is 2.72. The maximum absolute atomic E-state index is 12.3. The zero-order valence-electron chi connectivity index (χ0n) is 11.1. The molecule has 0 heterocycles. The molecule has 3 nitrogen and oxygen atoms in total. The van der Waals surface area contributed by atoms with Crippen LogP contribution in [0, 0.1) is 6.92 Å². The maximum Gasteiger partial charge on any atom is 0.253 e. The minimum Gasteiger partial charge on any atom is -0.391 e. The summed E-state index contributed by atoms with van der Waals surface area (Å²) in [5, 5.41) is 9.99. The second-order valence-corrected chi connectivity index (χ2v) is 5.20. The van der Waals surface area contributed by atoms with Crippen molar-refractivity contribution in [2.75, 3.05) is 7.05 Å². The fourth-order valence-corrected chi connectivity index (χ4v) is 2.59. The highest BCUT2D eigenvalue weighted by atomic mass is 16.3. The summed E-state index contributed by atoms with van der Waals surface area (Å²) in [5.41, 5.74) is 1.84. The smallest absolute Gasteiger partial charge is 0.253 e. The monoisotopic (exact) mass is 247 g/mol. The number of carbonyl (C=O) groups excluding carboxylic acids is 1. The first kappa shape index (κ1) is 13.1. The quantitative estimate of drug-likeness (QED) is 0.871. The van der Waals surface area contributed by atoms with Crippen LogP contribution in [-0.2, 0) is 0 Å². The first-order valence-electron chi connectivity index (χ1n) is 6.61. The minimum atomic E-state index is -0.377. The van der Waals surface area contributed by atoms with E-state index in [1.807, 2.05) is 31.2 Å². The van der Waals surface area contributed by atoms with Crippen LogP contribution in [0.4, 0.5) is 0 Å². The van der Waals surface area contributed by atoms with Gasteiger partial charge in [-0.2, -0.15) is 0 Å². The summed E-state index contributed by atoms with van der Waals surface area (Å²) in [4.78, 5) is 14.0. The van der Waals surface area contributed by atoms with Gasteiger partial charge in [0.2, 0.25) is 0 Å². The van der Waals surface area contributed by atoms with Gasteiger partial charge in [0.1, 0.15) is 0 Å². The lowest BCUT2D eigenvalue weighted by Crippen LogP contribution is -2.46. The average molecular weight is 247 g/mol. The highest BCUT2D eigenvalue weighted by Gasteiger charge is 2.29. The third-order valence-electron chi connectivity index (χ3n) is 3.81. The molecule has 1 fully saturated rings. The van der Waals surface area contributed by atoms with Gasteiger partial charge in [-0.05, 0) is 31.9 Å². The Kier molecular flexibility index (Phi) is 4.02. The molecule has 1 N–H and O–H groups in total. The summed E-state index contributed by atoms with van der Waals surface area (Å²) >= 11 is 0. The number of carbonyl (C=O) groups is 1. The number of aliphatic hydroxyl groups is 1. The molecule has 1 aliphatic carbocycles. The molecule has 0 bridgehead atoms. The lowest BCUT2D eigenvalue weighted by molar-refractivity contribution is 0.0268. The van der Waals surface area contributed by atoms with Crippen molar-refractivity contribution < 1.29 is 9.90 Å². The molecule has 1 aromatic rings. The summed E-state index contributed by atoms with van der Waals surface area (Å²) in [6.07, 6.45) is 3.47. The molecular formula is C15H21NO2. The molecule has 1 saturated carbocycles. The van der Waals surface area contributed by atoms with E-state index >= 15 is 0 Å². The molecule has 0 aliphatic heterocycles. The molecule has 98 valence electrons. The van der Waals surface area contributed by atoms with Crippen molar-refractivity contribution in [3.05, 3.63) is 35.4 Å². The molecule has 0 aromatic heterocycles. The lowest BCUT2D eigenvalue weighted by Gasteiger charge is -2.35. The molecule has 0 saturated heterocycles. The van der Waals surface area contributed by atoms with Gasteiger partial charge in [0.25, 0.3) is 5.91 Å². The average Bonchev–Trinajstić information content (AvgIpc) is 2.38. The molecule has 2 atom stereocenters. The van der Waals surface area contributed by atoms with E-state index in [-0.39, 0.29) is 18.1 Å². The van der Waals surface area contributed by atoms with Crippen molar-refractivity contribution in [3.8, 4) is 0 Å². The van der Waals surface area contributed by atoms with E-state index in [2.05, 4.69) is 0 Å². The summed E-state index contributed by atoms with van der Waals surface area (Å²) in [5.74, 6) is 0.000880.